The van der Waals surface area contributed by atoms with E-state index in [-0.39, 0.29) is 12.5 Å². The highest BCUT2D eigenvalue weighted by atomic mass is 16.5. The molecule has 0 saturated carbocycles. The molecule has 2 aliphatic rings. The number of ether oxygens (including phenoxy) is 1. The molecule has 0 aromatic heterocycles. The molecule has 1 unspecified atom stereocenters. The molecule has 2 aromatic carbocycles. The summed E-state index contributed by atoms with van der Waals surface area (Å²) in [6.45, 7) is 9.60. The van der Waals surface area contributed by atoms with E-state index < -0.39 is 40.9 Å². The third-order valence-electron chi connectivity index (χ3n) is 6.87. The van der Waals surface area contributed by atoms with Crippen molar-refractivity contribution in [2.45, 2.75) is 52.6 Å². The van der Waals surface area contributed by atoms with Crippen molar-refractivity contribution in [1.82, 2.24) is 10.2 Å². The van der Waals surface area contributed by atoms with Crippen molar-refractivity contribution in [3.05, 3.63) is 59.7 Å². The van der Waals surface area contributed by atoms with Crippen LogP contribution in [0.4, 0.5) is 4.79 Å². The van der Waals surface area contributed by atoms with Gasteiger partial charge in [-0.3, -0.25) is 4.79 Å². The van der Waals surface area contributed by atoms with Gasteiger partial charge < -0.3 is 20.1 Å². The summed E-state index contributed by atoms with van der Waals surface area (Å²) in [7, 11) is 0. The van der Waals surface area contributed by atoms with Crippen LogP contribution in [0, 0.1) is 10.8 Å². The van der Waals surface area contributed by atoms with Gasteiger partial charge in [0.15, 0.2) is 0 Å². The molecule has 7 heteroatoms. The Balaban J connectivity index is 1.47. The lowest BCUT2D eigenvalue weighted by atomic mass is 9.73. The van der Waals surface area contributed by atoms with Gasteiger partial charge in [0.2, 0.25) is 5.91 Å². The molecule has 34 heavy (non-hydrogen) atoms. The summed E-state index contributed by atoms with van der Waals surface area (Å²) in [5, 5.41) is 12.3. The molecule has 1 saturated heterocycles. The van der Waals surface area contributed by atoms with Gasteiger partial charge in [0, 0.05) is 17.9 Å². The Morgan fingerprint density at radius 3 is 2.06 bits per heavy atom. The highest BCUT2D eigenvalue weighted by Gasteiger charge is 2.54. The van der Waals surface area contributed by atoms with E-state index in [0.29, 0.717) is 6.54 Å². The number of amides is 2. The normalized spacial score (nSPS) is 19.4. The van der Waals surface area contributed by atoms with Gasteiger partial charge in [0.05, 0.1) is 0 Å². The van der Waals surface area contributed by atoms with Crippen LogP contribution in [-0.4, -0.2) is 53.2 Å². The second kappa shape index (κ2) is 8.46. The number of hydrogen-bond donors (Lipinski definition) is 2. The zero-order valence-electron chi connectivity index (χ0n) is 20.3. The molecule has 1 aliphatic carbocycles. The summed E-state index contributed by atoms with van der Waals surface area (Å²) in [5.41, 5.74) is 3.32. The van der Waals surface area contributed by atoms with Gasteiger partial charge in [-0.05, 0) is 27.7 Å². The number of carbonyl (C=O) groups is 3. The molecule has 1 aliphatic heterocycles. The third-order valence-corrected chi connectivity index (χ3v) is 6.87. The minimum Gasteiger partial charge on any atom is -0.480 e. The fourth-order valence-corrected chi connectivity index (χ4v) is 5.17. The van der Waals surface area contributed by atoms with Crippen LogP contribution >= 0.6 is 0 Å². The second-order valence-electron chi connectivity index (χ2n) is 11.0. The number of benzene rings is 2. The van der Waals surface area contributed by atoms with E-state index in [2.05, 4.69) is 17.4 Å². The number of carboxylic acids is 1. The number of alkyl carbamates (subject to hydrolysis) is 1. The van der Waals surface area contributed by atoms with Crippen LogP contribution in [0.2, 0.25) is 0 Å². The molecule has 0 radical (unpaired) electrons. The molecule has 0 bridgehead atoms. The molecule has 2 N–H and O–H groups in total. The standard InChI is InChI=1S/C27H32N2O5/c1-26(2,3)21(23(30)29-15-27(4,5)22(29)24(31)32)28-25(33)34-14-20-18-12-8-6-10-16(18)17-11-7-9-13-19(17)20/h6-13,20-22H,14-15H2,1-5H3,(H,28,33)(H,31,32)/t21-,22?/m0/s1. The number of carbonyl (C=O) groups excluding carboxylic acids is 2. The van der Waals surface area contributed by atoms with Gasteiger partial charge in [-0.25, -0.2) is 9.59 Å². The Morgan fingerprint density at radius 1 is 1.06 bits per heavy atom. The van der Waals surface area contributed by atoms with Crippen molar-refractivity contribution in [1.29, 1.82) is 0 Å². The van der Waals surface area contributed by atoms with Crippen molar-refractivity contribution in [3.63, 3.8) is 0 Å². The number of hydrogen-bond acceptors (Lipinski definition) is 4. The molecular weight excluding hydrogens is 432 g/mol. The zero-order chi connectivity index (χ0) is 24.8. The van der Waals surface area contributed by atoms with Crippen molar-refractivity contribution in [3.8, 4) is 11.1 Å². The second-order valence-corrected chi connectivity index (χ2v) is 11.0. The van der Waals surface area contributed by atoms with Crippen LogP contribution in [0.1, 0.15) is 51.7 Å². The highest BCUT2D eigenvalue weighted by molar-refractivity contribution is 5.92. The maximum absolute atomic E-state index is 13.3. The van der Waals surface area contributed by atoms with Gasteiger partial charge in [-0.2, -0.15) is 0 Å². The van der Waals surface area contributed by atoms with E-state index >= 15 is 0 Å². The first-order valence-electron chi connectivity index (χ1n) is 11.6. The molecule has 2 amide bonds. The summed E-state index contributed by atoms with van der Waals surface area (Å²) in [6.07, 6.45) is -0.693. The minimum atomic E-state index is -1.04. The molecule has 4 rings (SSSR count). The van der Waals surface area contributed by atoms with Gasteiger partial charge in [-0.1, -0.05) is 83.1 Å². The lowest BCUT2D eigenvalue weighted by molar-refractivity contribution is -0.174. The van der Waals surface area contributed by atoms with Crippen LogP contribution in [0.25, 0.3) is 11.1 Å². The SMILES string of the molecule is CC1(C)CN(C(=O)[C@H](NC(=O)OCC2c3ccccc3-c3ccccc32)C(C)(C)C)C1C(=O)O. The van der Waals surface area contributed by atoms with E-state index in [0.717, 1.165) is 22.3 Å². The van der Waals surface area contributed by atoms with Gasteiger partial charge in [-0.15, -0.1) is 0 Å². The maximum Gasteiger partial charge on any atom is 0.407 e. The Morgan fingerprint density at radius 2 is 1.59 bits per heavy atom. The number of carboxylic acid groups (broad SMARTS) is 1. The molecule has 0 spiro atoms. The Labute approximate surface area is 200 Å². The van der Waals surface area contributed by atoms with Crippen molar-refractivity contribution in [2.75, 3.05) is 13.2 Å². The summed E-state index contributed by atoms with van der Waals surface area (Å²) < 4.78 is 5.63. The molecule has 7 nitrogen and oxygen atoms in total. The Kier molecular flexibility index (Phi) is 5.92. The molecular formula is C27H32N2O5. The first-order chi connectivity index (χ1) is 15.9. The summed E-state index contributed by atoms with van der Waals surface area (Å²) in [4.78, 5) is 39.2. The lowest BCUT2D eigenvalue weighted by Crippen LogP contribution is -2.70. The largest absolute Gasteiger partial charge is 0.480 e. The topological polar surface area (TPSA) is 95.9 Å². The smallest absolute Gasteiger partial charge is 0.407 e. The summed E-state index contributed by atoms with van der Waals surface area (Å²) in [6, 6.07) is 14.3. The van der Waals surface area contributed by atoms with Gasteiger partial charge in [0.1, 0.15) is 18.7 Å². The average Bonchev–Trinajstić information content (AvgIpc) is 3.06. The monoisotopic (exact) mass is 464 g/mol. The molecule has 1 fully saturated rings. The predicted octanol–water partition coefficient (Wildman–Crippen LogP) is 4.26. The first kappa shape index (κ1) is 23.8. The first-order valence-corrected chi connectivity index (χ1v) is 11.6. The molecule has 180 valence electrons. The molecule has 1 heterocycles. The fourth-order valence-electron chi connectivity index (χ4n) is 5.17. The predicted molar refractivity (Wildman–Crippen MR) is 128 cm³/mol. The number of rotatable bonds is 5. The van der Waals surface area contributed by atoms with Crippen LogP contribution in [0.3, 0.4) is 0 Å². The van der Waals surface area contributed by atoms with Crippen molar-refractivity contribution >= 4 is 18.0 Å². The Hall–Kier alpha value is -3.35. The van der Waals surface area contributed by atoms with E-state index in [9.17, 15) is 19.5 Å². The summed E-state index contributed by atoms with van der Waals surface area (Å²) in [5.74, 6) is -1.54. The number of aliphatic carboxylic acids is 1. The van der Waals surface area contributed by atoms with Crippen molar-refractivity contribution in [2.24, 2.45) is 10.8 Å². The van der Waals surface area contributed by atoms with Crippen LogP contribution in [0.15, 0.2) is 48.5 Å². The van der Waals surface area contributed by atoms with Crippen molar-refractivity contribution < 1.29 is 24.2 Å². The zero-order valence-corrected chi connectivity index (χ0v) is 20.3. The van der Waals surface area contributed by atoms with Gasteiger partial charge in [0.25, 0.3) is 0 Å². The Bertz CT molecular complexity index is 1090. The number of nitrogens with one attached hydrogen (secondary N) is 1. The van der Waals surface area contributed by atoms with Crippen LogP contribution in [-0.2, 0) is 14.3 Å². The third kappa shape index (κ3) is 4.15. The average molecular weight is 465 g/mol. The van der Waals surface area contributed by atoms with Crippen LogP contribution < -0.4 is 5.32 Å². The number of likely N-dealkylation sites (tertiary alicyclic amines) is 1. The maximum atomic E-state index is 13.3. The number of nitrogens with zero attached hydrogens (tertiary/aromatic N) is 1. The fraction of sp³-hybridized carbons (Fsp3) is 0.444. The number of fused-ring (bicyclic) bond motifs is 3. The highest BCUT2D eigenvalue weighted by Crippen LogP contribution is 2.44. The van der Waals surface area contributed by atoms with Crippen LogP contribution in [0.5, 0.6) is 0 Å². The lowest BCUT2D eigenvalue weighted by Gasteiger charge is -2.53. The summed E-state index contributed by atoms with van der Waals surface area (Å²) >= 11 is 0. The molecule has 2 aromatic rings. The van der Waals surface area contributed by atoms with E-state index in [1.807, 2.05) is 71.0 Å². The van der Waals surface area contributed by atoms with E-state index in [1.165, 1.54) is 4.90 Å². The quantitative estimate of drug-likeness (QED) is 0.689. The molecule has 2 atom stereocenters. The minimum absolute atomic E-state index is 0.0884. The van der Waals surface area contributed by atoms with Gasteiger partial charge >= 0.3 is 12.1 Å². The van der Waals surface area contributed by atoms with E-state index in [1.54, 1.807) is 0 Å². The van der Waals surface area contributed by atoms with E-state index in [4.69, 9.17) is 4.74 Å².